The van der Waals surface area contributed by atoms with Crippen LogP contribution in [0.15, 0.2) is 57.8 Å². The third-order valence-electron chi connectivity index (χ3n) is 5.18. The van der Waals surface area contributed by atoms with Crippen molar-refractivity contribution in [3.63, 3.8) is 0 Å². The number of aliphatic hydroxyl groups is 4. The zero-order valence-corrected chi connectivity index (χ0v) is 17.9. The van der Waals surface area contributed by atoms with Gasteiger partial charge in [-0.1, -0.05) is 34.1 Å². The number of aliphatic hydroxyl groups excluding tert-OH is 4. The highest BCUT2D eigenvalue weighted by atomic mass is 79.9. The number of fused-ring (bicyclic) bond motifs is 1. The van der Waals surface area contributed by atoms with Crippen molar-refractivity contribution in [1.29, 1.82) is 0 Å². The van der Waals surface area contributed by atoms with Crippen molar-refractivity contribution in [3.05, 3.63) is 68.1 Å². The van der Waals surface area contributed by atoms with Gasteiger partial charge in [-0.3, -0.25) is 13.9 Å². The van der Waals surface area contributed by atoms with E-state index in [2.05, 4.69) is 15.9 Å². The first-order chi connectivity index (χ1) is 14.3. The van der Waals surface area contributed by atoms with Crippen molar-refractivity contribution in [2.24, 2.45) is 0 Å². The Morgan fingerprint density at radius 1 is 1.03 bits per heavy atom. The summed E-state index contributed by atoms with van der Waals surface area (Å²) in [5, 5.41) is 40.9. The summed E-state index contributed by atoms with van der Waals surface area (Å²) in [6.07, 6.45) is -6.99. The molecule has 1 fully saturated rings. The van der Waals surface area contributed by atoms with Crippen LogP contribution in [0.25, 0.3) is 16.6 Å². The molecule has 0 bridgehead atoms. The second-order valence-corrected chi connectivity index (χ2v) is 8.29. The number of ether oxygens (including phenoxy) is 1. The van der Waals surface area contributed by atoms with Gasteiger partial charge in [0.1, 0.15) is 24.4 Å². The summed E-state index contributed by atoms with van der Waals surface area (Å²) >= 11 is 8.98. The number of aromatic nitrogens is 2. The van der Waals surface area contributed by atoms with E-state index in [0.29, 0.717) is 21.1 Å². The molecule has 2 heterocycles. The Morgan fingerprint density at radius 3 is 2.40 bits per heavy atom. The van der Waals surface area contributed by atoms with Gasteiger partial charge in [-0.25, -0.2) is 0 Å². The lowest BCUT2D eigenvalue weighted by atomic mass is 9.98. The summed E-state index contributed by atoms with van der Waals surface area (Å²) in [5.41, 5.74) is 0.542. The van der Waals surface area contributed by atoms with Crippen LogP contribution in [0.2, 0.25) is 0 Å². The fourth-order valence-corrected chi connectivity index (χ4v) is 4.41. The van der Waals surface area contributed by atoms with E-state index in [9.17, 15) is 25.2 Å². The predicted molar refractivity (Wildman–Crippen MR) is 115 cm³/mol. The van der Waals surface area contributed by atoms with Gasteiger partial charge in [-0.05, 0) is 42.5 Å². The fourth-order valence-electron chi connectivity index (χ4n) is 3.65. The molecule has 158 valence electrons. The minimum atomic E-state index is -1.58. The van der Waals surface area contributed by atoms with E-state index in [1.807, 2.05) is 0 Å². The number of benzene rings is 2. The maximum absolute atomic E-state index is 13.3. The molecular formula is C20H19BrN2O6S. The molecule has 4 N–H and O–H groups in total. The molecule has 1 aromatic heterocycles. The maximum atomic E-state index is 13.3. The lowest BCUT2D eigenvalue weighted by molar-refractivity contribution is -0.250. The van der Waals surface area contributed by atoms with E-state index in [0.717, 1.165) is 0 Å². The predicted octanol–water partition coefficient (Wildman–Crippen LogP) is 1.26. The Morgan fingerprint density at radius 2 is 1.73 bits per heavy atom. The molecular weight excluding hydrogens is 476 g/mol. The van der Waals surface area contributed by atoms with Crippen molar-refractivity contribution in [2.75, 3.05) is 6.61 Å². The first kappa shape index (κ1) is 21.3. The van der Waals surface area contributed by atoms with Crippen molar-refractivity contribution < 1.29 is 25.2 Å². The van der Waals surface area contributed by atoms with Gasteiger partial charge in [0.05, 0.1) is 23.2 Å². The van der Waals surface area contributed by atoms with Crippen LogP contribution in [0.1, 0.15) is 6.23 Å². The molecule has 1 saturated heterocycles. The zero-order chi connectivity index (χ0) is 21.6. The van der Waals surface area contributed by atoms with Crippen LogP contribution in [-0.2, 0) is 4.74 Å². The molecule has 3 aromatic rings. The molecule has 10 heteroatoms. The number of rotatable bonds is 3. The van der Waals surface area contributed by atoms with Crippen LogP contribution < -0.4 is 5.56 Å². The van der Waals surface area contributed by atoms with Crippen molar-refractivity contribution in [2.45, 2.75) is 30.6 Å². The molecule has 0 amide bonds. The smallest absolute Gasteiger partial charge is 0.266 e. The van der Waals surface area contributed by atoms with E-state index in [1.165, 1.54) is 9.13 Å². The second-order valence-electron chi connectivity index (χ2n) is 7.01. The molecule has 5 atom stereocenters. The molecule has 0 saturated carbocycles. The van der Waals surface area contributed by atoms with Crippen LogP contribution in [0.3, 0.4) is 0 Å². The Hall–Kier alpha value is -1.92. The maximum Gasteiger partial charge on any atom is 0.266 e. The van der Waals surface area contributed by atoms with Gasteiger partial charge in [0.2, 0.25) is 0 Å². The highest BCUT2D eigenvalue weighted by molar-refractivity contribution is 9.10. The third kappa shape index (κ3) is 3.44. The topological polar surface area (TPSA) is 117 Å². The van der Waals surface area contributed by atoms with Gasteiger partial charge in [0, 0.05) is 4.47 Å². The summed E-state index contributed by atoms with van der Waals surface area (Å²) in [7, 11) is 0. The summed E-state index contributed by atoms with van der Waals surface area (Å²) < 4.78 is 9.16. The fraction of sp³-hybridized carbons (Fsp3) is 0.300. The van der Waals surface area contributed by atoms with Crippen molar-refractivity contribution >= 4 is 39.1 Å². The lowest BCUT2D eigenvalue weighted by Crippen LogP contribution is -2.56. The average Bonchev–Trinajstić information content (AvgIpc) is 2.75. The molecule has 8 nitrogen and oxygen atoms in total. The zero-order valence-electron chi connectivity index (χ0n) is 15.5. The van der Waals surface area contributed by atoms with E-state index in [4.69, 9.17) is 17.0 Å². The molecule has 0 radical (unpaired) electrons. The molecule has 0 spiro atoms. The van der Waals surface area contributed by atoms with Crippen LogP contribution in [0.4, 0.5) is 0 Å². The van der Waals surface area contributed by atoms with E-state index in [-0.39, 0.29) is 10.3 Å². The highest BCUT2D eigenvalue weighted by Crippen LogP contribution is 2.31. The van der Waals surface area contributed by atoms with E-state index < -0.39 is 37.3 Å². The average molecular weight is 495 g/mol. The molecule has 0 aliphatic carbocycles. The Bertz CT molecular complexity index is 1200. The molecule has 30 heavy (non-hydrogen) atoms. The van der Waals surface area contributed by atoms with Gasteiger partial charge >= 0.3 is 0 Å². The monoisotopic (exact) mass is 494 g/mol. The van der Waals surface area contributed by atoms with Crippen molar-refractivity contribution in [3.8, 4) is 5.69 Å². The van der Waals surface area contributed by atoms with Crippen LogP contribution in [0, 0.1) is 4.77 Å². The van der Waals surface area contributed by atoms with Gasteiger partial charge in [0.25, 0.3) is 5.56 Å². The summed E-state index contributed by atoms with van der Waals surface area (Å²) in [5.74, 6) is 0. The Balaban J connectivity index is 2.05. The molecule has 0 unspecified atom stereocenters. The quantitative estimate of drug-likeness (QED) is 0.405. The van der Waals surface area contributed by atoms with Gasteiger partial charge in [-0.2, -0.15) is 0 Å². The largest absolute Gasteiger partial charge is 0.394 e. The first-order valence-corrected chi connectivity index (χ1v) is 10.4. The molecule has 4 rings (SSSR count). The van der Waals surface area contributed by atoms with Crippen LogP contribution in [-0.4, -0.2) is 60.6 Å². The standard InChI is InChI=1S/C20H19BrN2O6S/c21-10-6-7-13-12(8-10)18(28)22(11-4-2-1-3-5-11)20(30)23(13)19-17(27)16(26)15(25)14(9-24)29-19/h1-8,14-17,19,24-27H,9H2/t14-,15-,16-,17+,19-/m0/s1. The van der Waals surface area contributed by atoms with Crippen LogP contribution >= 0.6 is 28.1 Å². The minimum Gasteiger partial charge on any atom is -0.394 e. The van der Waals surface area contributed by atoms with E-state index in [1.54, 1.807) is 48.5 Å². The van der Waals surface area contributed by atoms with Gasteiger partial charge in [0.15, 0.2) is 11.0 Å². The van der Waals surface area contributed by atoms with E-state index >= 15 is 0 Å². The molecule has 1 aliphatic heterocycles. The number of halogens is 1. The minimum absolute atomic E-state index is 0.0327. The van der Waals surface area contributed by atoms with Crippen molar-refractivity contribution in [1.82, 2.24) is 9.13 Å². The molecule has 1 aliphatic rings. The number of nitrogens with zero attached hydrogens (tertiary/aromatic N) is 2. The lowest BCUT2D eigenvalue weighted by Gasteiger charge is -2.41. The highest BCUT2D eigenvalue weighted by Gasteiger charge is 2.45. The normalized spacial score (nSPS) is 26.8. The second kappa shape index (κ2) is 8.31. The first-order valence-electron chi connectivity index (χ1n) is 9.18. The van der Waals surface area contributed by atoms with Crippen LogP contribution in [0.5, 0.6) is 0 Å². The number of para-hydroxylation sites is 1. The van der Waals surface area contributed by atoms with Gasteiger partial charge in [-0.15, -0.1) is 0 Å². The summed E-state index contributed by atoms with van der Waals surface area (Å²) in [6.45, 7) is -0.573. The van der Waals surface area contributed by atoms with Gasteiger partial charge < -0.3 is 25.2 Å². The molecule has 2 aromatic carbocycles. The Labute approximate surface area is 184 Å². The SMILES string of the molecule is O=c1c2cc(Br)ccc2n([C@H]2O[C@@H](CO)[C@H](O)[C@H](O)[C@H]2O)c(=S)n1-c1ccccc1. The third-order valence-corrected chi connectivity index (χ3v) is 6.06. The summed E-state index contributed by atoms with van der Waals surface area (Å²) in [4.78, 5) is 13.3. The Kier molecular flexibility index (Phi) is 5.90. The number of hydrogen-bond donors (Lipinski definition) is 4. The number of hydrogen-bond acceptors (Lipinski definition) is 7. The summed E-state index contributed by atoms with van der Waals surface area (Å²) in [6, 6.07) is 13.8.